The summed E-state index contributed by atoms with van der Waals surface area (Å²) in [4.78, 5) is 12.2. The topological polar surface area (TPSA) is 71.7 Å². The molecule has 0 saturated heterocycles. The second kappa shape index (κ2) is 7.19. The fourth-order valence-electron chi connectivity index (χ4n) is 2.63. The number of fused-ring (bicyclic) bond motifs is 1. The molecule has 124 valence electrons. The largest absolute Gasteiger partial charge is 0.497 e. The number of furan rings is 1. The van der Waals surface area contributed by atoms with Crippen LogP contribution in [0.5, 0.6) is 5.75 Å². The van der Waals surface area contributed by atoms with Crippen LogP contribution in [0, 0.1) is 0 Å². The highest BCUT2D eigenvalue weighted by atomic mass is 16.5. The molecular weight excluding hydrogens is 306 g/mol. The third-order valence-corrected chi connectivity index (χ3v) is 3.89. The molecule has 5 nitrogen and oxygen atoms in total. The Balaban J connectivity index is 1.69. The van der Waals surface area contributed by atoms with Crippen molar-refractivity contribution in [3.05, 3.63) is 66.1 Å². The summed E-state index contributed by atoms with van der Waals surface area (Å²) in [6, 6.07) is 15.0. The predicted molar refractivity (Wildman–Crippen MR) is 90.9 cm³/mol. The lowest BCUT2D eigenvalue weighted by atomic mass is 10.0. The molecule has 0 spiro atoms. The molecule has 1 atom stereocenters. The number of benzene rings is 2. The number of ether oxygens (including phenoxy) is 1. The van der Waals surface area contributed by atoms with Gasteiger partial charge < -0.3 is 19.6 Å². The standard InChI is InChI=1S/C19H19NO4/c1-23-15-8-7-13-4-2-5-14(16(13)11-15)10-19(22)20-12-17(21)18-6-3-9-24-18/h2-9,11,17,21H,10,12H2,1H3,(H,20,22). The van der Waals surface area contributed by atoms with Crippen molar-refractivity contribution >= 4 is 16.7 Å². The van der Waals surface area contributed by atoms with Crippen LogP contribution in [0.15, 0.2) is 59.2 Å². The van der Waals surface area contributed by atoms with Crippen molar-refractivity contribution in [1.82, 2.24) is 5.32 Å². The number of nitrogens with one attached hydrogen (secondary N) is 1. The second-order valence-corrected chi connectivity index (χ2v) is 5.52. The van der Waals surface area contributed by atoms with Crippen molar-refractivity contribution in [2.75, 3.05) is 13.7 Å². The zero-order valence-corrected chi connectivity index (χ0v) is 13.4. The average Bonchev–Trinajstić information content (AvgIpc) is 3.14. The minimum absolute atomic E-state index is 0.112. The molecule has 0 radical (unpaired) electrons. The average molecular weight is 325 g/mol. The Labute approximate surface area is 139 Å². The summed E-state index contributed by atoms with van der Waals surface area (Å²) in [7, 11) is 1.62. The summed E-state index contributed by atoms with van der Waals surface area (Å²) >= 11 is 0. The third kappa shape index (κ3) is 3.58. The van der Waals surface area contributed by atoms with Crippen molar-refractivity contribution < 1.29 is 19.1 Å². The molecule has 2 N–H and O–H groups in total. The van der Waals surface area contributed by atoms with E-state index in [1.165, 1.54) is 6.26 Å². The lowest BCUT2D eigenvalue weighted by Gasteiger charge is -2.11. The van der Waals surface area contributed by atoms with Gasteiger partial charge >= 0.3 is 0 Å². The van der Waals surface area contributed by atoms with E-state index in [-0.39, 0.29) is 18.9 Å². The Morgan fingerprint density at radius 2 is 2.12 bits per heavy atom. The molecule has 24 heavy (non-hydrogen) atoms. The maximum atomic E-state index is 12.2. The lowest BCUT2D eigenvalue weighted by Crippen LogP contribution is -2.29. The van der Waals surface area contributed by atoms with E-state index >= 15 is 0 Å². The van der Waals surface area contributed by atoms with Crippen LogP contribution >= 0.6 is 0 Å². The van der Waals surface area contributed by atoms with Gasteiger partial charge in [0, 0.05) is 0 Å². The normalized spacial score (nSPS) is 12.1. The number of amides is 1. The van der Waals surface area contributed by atoms with Gasteiger partial charge in [0.25, 0.3) is 0 Å². The van der Waals surface area contributed by atoms with Gasteiger partial charge in [-0.3, -0.25) is 4.79 Å². The molecule has 0 aliphatic rings. The van der Waals surface area contributed by atoms with E-state index in [0.717, 1.165) is 22.1 Å². The Hall–Kier alpha value is -2.79. The second-order valence-electron chi connectivity index (χ2n) is 5.52. The molecule has 0 aliphatic carbocycles. The minimum Gasteiger partial charge on any atom is -0.497 e. The number of hydrogen-bond acceptors (Lipinski definition) is 4. The Morgan fingerprint density at radius 1 is 1.25 bits per heavy atom. The SMILES string of the molecule is COc1ccc2cccc(CC(=O)NCC(O)c3ccco3)c2c1. The quantitative estimate of drug-likeness (QED) is 0.731. The molecule has 2 aromatic carbocycles. The number of rotatable bonds is 6. The van der Waals surface area contributed by atoms with Crippen molar-refractivity contribution in [3.63, 3.8) is 0 Å². The van der Waals surface area contributed by atoms with E-state index < -0.39 is 6.10 Å². The summed E-state index contributed by atoms with van der Waals surface area (Å²) in [5.41, 5.74) is 0.913. The molecule has 1 aromatic heterocycles. The first-order valence-corrected chi connectivity index (χ1v) is 7.71. The molecule has 3 aromatic rings. The number of hydrogen-bond donors (Lipinski definition) is 2. The maximum absolute atomic E-state index is 12.2. The zero-order chi connectivity index (χ0) is 16.9. The maximum Gasteiger partial charge on any atom is 0.224 e. The van der Waals surface area contributed by atoms with Gasteiger partial charge in [-0.05, 0) is 40.6 Å². The van der Waals surface area contributed by atoms with E-state index in [0.29, 0.717) is 5.76 Å². The number of aliphatic hydroxyl groups excluding tert-OH is 1. The fourth-order valence-corrected chi connectivity index (χ4v) is 2.63. The summed E-state index contributed by atoms with van der Waals surface area (Å²) in [6.45, 7) is 0.112. The third-order valence-electron chi connectivity index (χ3n) is 3.89. The van der Waals surface area contributed by atoms with Gasteiger partial charge in [0.15, 0.2) is 0 Å². The van der Waals surface area contributed by atoms with Gasteiger partial charge in [-0.25, -0.2) is 0 Å². The predicted octanol–water partition coefficient (Wildman–Crippen LogP) is 2.83. The van der Waals surface area contributed by atoms with E-state index in [1.807, 2.05) is 36.4 Å². The summed E-state index contributed by atoms with van der Waals surface area (Å²) < 4.78 is 10.4. The van der Waals surface area contributed by atoms with Crippen molar-refractivity contribution in [3.8, 4) is 5.75 Å². The highest BCUT2D eigenvalue weighted by Gasteiger charge is 2.13. The molecule has 0 bridgehead atoms. The highest BCUT2D eigenvalue weighted by Crippen LogP contribution is 2.24. The summed E-state index contributed by atoms with van der Waals surface area (Å²) in [6.07, 6.45) is 0.871. The van der Waals surface area contributed by atoms with Crippen LogP contribution in [0.3, 0.4) is 0 Å². The Kier molecular flexibility index (Phi) is 4.82. The summed E-state index contributed by atoms with van der Waals surface area (Å²) in [5.74, 6) is 1.03. The van der Waals surface area contributed by atoms with Crippen molar-refractivity contribution in [2.45, 2.75) is 12.5 Å². The van der Waals surface area contributed by atoms with Gasteiger partial charge in [0.05, 0.1) is 26.3 Å². The van der Waals surface area contributed by atoms with Crippen molar-refractivity contribution in [2.24, 2.45) is 0 Å². The molecule has 1 heterocycles. The van der Waals surface area contributed by atoms with Gasteiger partial charge in [-0.15, -0.1) is 0 Å². The minimum atomic E-state index is -0.850. The van der Waals surface area contributed by atoms with E-state index in [4.69, 9.17) is 9.15 Å². The van der Waals surface area contributed by atoms with Crippen LogP contribution in [0.1, 0.15) is 17.4 Å². The molecule has 1 amide bonds. The molecule has 5 heteroatoms. The van der Waals surface area contributed by atoms with Gasteiger partial charge in [-0.2, -0.15) is 0 Å². The highest BCUT2D eigenvalue weighted by molar-refractivity contribution is 5.91. The van der Waals surface area contributed by atoms with Crippen LogP contribution in [0.2, 0.25) is 0 Å². The first kappa shape index (κ1) is 16.1. The van der Waals surface area contributed by atoms with Crippen LogP contribution in [0.4, 0.5) is 0 Å². The van der Waals surface area contributed by atoms with E-state index in [9.17, 15) is 9.90 Å². The Bertz CT molecular complexity index is 827. The molecule has 0 saturated carbocycles. The molecule has 3 rings (SSSR count). The molecule has 1 unspecified atom stereocenters. The first-order valence-electron chi connectivity index (χ1n) is 7.71. The number of methoxy groups -OCH3 is 1. The number of carbonyl (C=O) groups excluding carboxylic acids is 1. The van der Waals surface area contributed by atoms with Crippen molar-refractivity contribution in [1.29, 1.82) is 0 Å². The van der Waals surface area contributed by atoms with Crippen LogP contribution in [0.25, 0.3) is 10.8 Å². The van der Waals surface area contributed by atoms with Crippen LogP contribution in [-0.2, 0) is 11.2 Å². The summed E-state index contributed by atoms with van der Waals surface area (Å²) in [5, 5.41) is 14.7. The molecular formula is C19H19NO4. The smallest absolute Gasteiger partial charge is 0.224 e. The van der Waals surface area contributed by atoms with E-state index in [2.05, 4.69) is 5.32 Å². The number of aliphatic hydroxyl groups is 1. The van der Waals surface area contributed by atoms with Crippen LogP contribution in [-0.4, -0.2) is 24.7 Å². The first-order chi connectivity index (χ1) is 11.7. The van der Waals surface area contributed by atoms with E-state index in [1.54, 1.807) is 19.2 Å². The molecule has 0 fully saturated rings. The molecule has 0 aliphatic heterocycles. The fraction of sp³-hybridized carbons (Fsp3) is 0.211. The number of carbonyl (C=O) groups is 1. The van der Waals surface area contributed by atoms with Gasteiger partial charge in [0.2, 0.25) is 5.91 Å². The zero-order valence-electron chi connectivity index (χ0n) is 13.4. The Morgan fingerprint density at radius 3 is 2.88 bits per heavy atom. The van der Waals surface area contributed by atoms with Gasteiger partial charge in [0.1, 0.15) is 17.6 Å². The monoisotopic (exact) mass is 325 g/mol. The van der Waals surface area contributed by atoms with Gasteiger partial charge in [-0.1, -0.05) is 24.3 Å². The lowest BCUT2D eigenvalue weighted by molar-refractivity contribution is -0.120. The van der Waals surface area contributed by atoms with Crippen LogP contribution < -0.4 is 10.1 Å².